The van der Waals surface area contributed by atoms with E-state index in [1.165, 1.54) is 4.90 Å². The number of nitrogens with one attached hydrogen (secondary N) is 1. The largest absolute Gasteiger partial charge is 0.494 e. The summed E-state index contributed by atoms with van der Waals surface area (Å²) < 4.78 is 5.81. The molecule has 1 saturated heterocycles. The number of carbonyl (C=O) groups is 3. The molecule has 9 nitrogen and oxygen atoms in total. The van der Waals surface area contributed by atoms with Crippen LogP contribution in [0.2, 0.25) is 0 Å². The van der Waals surface area contributed by atoms with E-state index in [1.807, 2.05) is 6.07 Å². The van der Waals surface area contributed by atoms with Gasteiger partial charge in [-0.05, 0) is 48.6 Å². The lowest BCUT2D eigenvalue weighted by Gasteiger charge is -2.29. The smallest absolute Gasteiger partial charge is 0.255 e. The number of unbranched alkanes of at least 4 members (excludes halogenated alkanes) is 4. The van der Waals surface area contributed by atoms with Crippen LogP contribution in [0.25, 0.3) is 10.4 Å². The molecule has 1 N–H and O–H groups in total. The number of amides is 3. The van der Waals surface area contributed by atoms with E-state index in [1.54, 1.807) is 12.1 Å². The maximum absolute atomic E-state index is 12.7. The molecule has 0 aliphatic carbocycles. The molecular weight excluding hydrogens is 374 g/mol. The number of benzene rings is 1. The highest BCUT2D eigenvalue weighted by atomic mass is 16.5. The number of fused-ring (bicyclic) bond motifs is 1. The van der Waals surface area contributed by atoms with Crippen molar-refractivity contribution in [3.05, 3.63) is 39.8 Å². The Balaban J connectivity index is 1.45. The molecule has 0 aromatic heterocycles. The van der Waals surface area contributed by atoms with Crippen molar-refractivity contribution in [2.45, 2.75) is 57.5 Å². The molecule has 2 aliphatic heterocycles. The van der Waals surface area contributed by atoms with E-state index in [4.69, 9.17) is 10.3 Å². The van der Waals surface area contributed by atoms with Crippen LogP contribution in [0.1, 0.15) is 60.9 Å². The van der Waals surface area contributed by atoms with E-state index in [2.05, 4.69) is 15.3 Å². The minimum absolute atomic E-state index is 0.179. The number of carbonyl (C=O) groups excluding carboxylic acids is 3. The third-order valence-corrected chi connectivity index (χ3v) is 5.23. The van der Waals surface area contributed by atoms with Crippen molar-refractivity contribution >= 4 is 17.7 Å². The van der Waals surface area contributed by atoms with Gasteiger partial charge in [0.1, 0.15) is 11.8 Å². The summed E-state index contributed by atoms with van der Waals surface area (Å²) in [5.41, 5.74) is 9.64. The first-order valence-electron chi connectivity index (χ1n) is 10.0. The average molecular weight is 399 g/mol. The Morgan fingerprint density at radius 1 is 1.17 bits per heavy atom. The Kier molecular flexibility index (Phi) is 7.08. The fourth-order valence-electron chi connectivity index (χ4n) is 3.69. The van der Waals surface area contributed by atoms with Crippen molar-refractivity contribution in [1.82, 2.24) is 10.2 Å². The summed E-state index contributed by atoms with van der Waals surface area (Å²) >= 11 is 0. The van der Waals surface area contributed by atoms with Crippen LogP contribution in [0.3, 0.4) is 0 Å². The third kappa shape index (κ3) is 5.26. The molecule has 3 rings (SSSR count). The Labute approximate surface area is 169 Å². The number of ether oxygens (including phenoxy) is 1. The van der Waals surface area contributed by atoms with Gasteiger partial charge < -0.3 is 9.64 Å². The van der Waals surface area contributed by atoms with E-state index in [-0.39, 0.29) is 18.2 Å². The van der Waals surface area contributed by atoms with Crippen molar-refractivity contribution in [1.29, 1.82) is 0 Å². The summed E-state index contributed by atoms with van der Waals surface area (Å²) in [6, 6.07) is 4.79. The maximum atomic E-state index is 12.7. The second kappa shape index (κ2) is 9.93. The molecule has 0 bridgehead atoms. The van der Waals surface area contributed by atoms with Gasteiger partial charge in [0.25, 0.3) is 5.91 Å². The Bertz CT molecular complexity index is 834. The van der Waals surface area contributed by atoms with Crippen LogP contribution in [0.15, 0.2) is 23.3 Å². The molecule has 1 aromatic carbocycles. The van der Waals surface area contributed by atoms with Crippen molar-refractivity contribution in [2.75, 3.05) is 13.2 Å². The average Bonchev–Trinajstić information content (AvgIpc) is 3.02. The summed E-state index contributed by atoms with van der Waals surface area (Å²) in [5.74, 6) is -0.160. The number of rotatable bonds is 10. The molecule has 0 radical (unpaired) electrons. The Morgan fingerprint density at radius 3 is 2.76 bits per heavy atom. The minimum atomic E-state index is -0.601. The van der Waals surface area contributed by atoms with Gasteiger partial charge in [-0.2, -0.15) is 0 Å². The lowest BCUT2D eigenvalue weighted by Crippen LogP contribution is -2.52. The van der Waals surface area contributed by atoms with Crippen molar-refractivity contribution < 1.29 is 19.1 Å². The fourth-order valence-corrected chi connectivity index (χ4v) is 3.69. The van der Waals surface area contributed by atoms with E-state index in [0.717, 1.165) is 37.7 Å². The summed E-state index contributed by atoms with van der Waals surface area (Å²) in [4.78, 5) is 40.3. The molecule has 29 heavy (non-hydrogen) atoms. The van der Waals surface area contributed by atoms with E-state index in [9.17, 15) is 14.4 Å². The fraction of sp³-hybridized carbons (Fsp3) is 0.550. The molecular formula is C20H25N5O4. The highest BCUT2D eigenvalue weighted by Gasteiger charge is 2.39. The first-order chi connectivity index (χ1) is 14.1. The van der Waals surface area contributed by atoms with Crippen LogP contribution in [0.5, 0.6) is 5.75 Å². The molecule has 2 heterocycles. The monoisotopic (exact) mass is 399 g/mol. The van der Waals surface area contributed by atoms with Crippen molar-refractivity contribution in [3.63, 3.8) is 0 Å². The SMILES string of the molecule is [N-]=[N+]=NCCCCCCCOc1ccc2c(c1)CN(C1CCC(=O)NC1=O)C2=O. The van der Waals surface area contributed by atoms with Crippen LogP contribution >= 0.6 is 0 Å². The lowest BCUT2D eigenvalue weighted by molar-refractivity contribution is -0.136. The Morgan fingerprint density at radius 2 is 1.97 bits per heavy atom. The zero-order valence-corrected chi connectivity index (χ0v) is 16.3. The predicted molar refractivity (Wildman–Crippen MR) is 105 cm³/mol. The number of nitrogens with zero attached hydrogens (tertiary/aromatic N) is 4. The molecule has 0 saturated carbocycles. The lowest BCUT2D eigenvalue weighted by atomic mass is 10.0. The molecule has 9 heteroatoms. The zero-order valence-electron chi connectivity index (χ0n) is 16.3. The summed E-state index contributed by atoms with van der Waals surface area (Å²) in [6.45, 7) is 1.50. The van der Waals surface area contributed by atoms with Gasteiger partial charge in [-0.25, -0.2) is 0 Å². The van der Waals surface area contributed by atoms with Crippen LogP contribution in [-0.2, 0) is 16.1 Å². The molecule has 1 aromatic rings. The predicted octanol–water partition coefficient (Wildman–Crippen LogP) is 3.09. The standard InChI is InChI=1S/C20H25N5O4/c21-24-22-10-4-2-1-3-5-11-29-15-6-7-16-14(12-15)13-25(20(16)28)17-8-9-18(26)23-19(17)27/h6-7,12,17H,1-5,8-11,13H2,(H,23,26,27). The van der Waals surface area contributed by atoms with Crippen LogP contribution in [-0.4, -0.2) is 41.8 Å². The van der Waals surface area contributed by atoms with E-state index >= 15 is 0 Å². The second-order valence-electron chi connectivity index (χ2n) is 7.29. The van der Waals surface area contributed by atoms with Gasteiger partial charge in [0.05, 0.1) is 6.61 Å². The topological polar surface area (TPSA) is 124 Å². The minimum Gasteiger partial charge on any atom is -0.494 e. The van der Waals surface area contributed by atoms with Crippen LogP contribution < -0.4 is 10.1 Å². The molecule has 1 fully saturated rings. The summed E-state index contributed by atoms with van der Waals surface area (Å²) in [5, 5.41) is 5.82. The molecule has 2 aliphatic rings. The summed E-state index contributed by atoms with van der Waals surface area (Å²) in [7, 11) is 0. The van der Waals surface area contributed by atoms with E-state index < -0.39 is 11.9 Å². The van der Waals surface area contributed by atoms with Crippen molar-refractivity contribution in [3.8, 4) is 5.75 Å². The van der Waals surface area contributed by atoms with Gasteiger partial charge in [0, 0.05) is 30.0 Å². The maximum Gasteiger partial charge on any atom is 0.255 e. The first-order valence-corrected chi connectivity index (χ1v) is 10.0. The number of hydrogen-bond acceptors (Lipinski definition) is 5. The van der Waals surface area contributed by atoms with E-state index in [0.29, 0.717) is 37.4 Å². The molecule has 3 amide bonds. The van der Waals surface area contributed by atoms with Gasteiger partial charge >= 0.3 is 0 Å². The molecule has 154 valence electrons. The number of imide groups is 1. The Hall–Kier alpha value is -3.06. The van der Waals surface area contributed by atoms with Crippen LogP contribution in [0.4, 0.5) is 0 Å². The van der Waals surface area contributed by atoms with Crippen molar-refractivity contribution in [2.24, 2.45) is 5.11 Å². The number of piperidine rings is 1. The molecule has 1 atom stereocenters. The number of azide groups is 1. The normalized spacial score (nSPS) is 18.3. The molecule has 0 spiro atoms. The number of hydrogen-bond donors (Lipinski definition) is 1. The first kappa shape index (κ1) is 20.7. The van der Waals surface area contributed by atoms with Gasteiger partial charge in [0.2, 0.25) is 11.8 Å². The second-order valence-corrected chi connectivity index (χ2v) is 7.29. The van der Waals surface area contributed by atoms with Gasteiger partial charge in [-0.3, -0.25) is 19.7 Å². The quantitative estimate of drug-likeness (QED) is 0.213. The zero-order chi connectivity index (χ0) is 20.6. The molecule has 1 unspecified atom stereocenters. The highest BCUT2D eigenvalue weighted by Crippen LogP contribution is 2.30. The van der Waals surface area contributed by atoms with Gasteiger partial charge in [-0.15, -0.1) is 0 Å². The van der Waals surface area contributed by atoms with Gasteiger partial charge in [-0.1, -0.05) is 24.4 Å². The third-order valence-electron chi connectivity index (χ3n) is 5.23. The van der Waals surface area contributed by atoms with Crippen LogP contribution in [0, 0.1) is 0 Å². The van der Waals surface area contributed by atoms with Gasteiger partial charge in [0.15, 0.2) is 0 Å². The summed E-state index contributed by atoms with van der Waals surface area (Å²) in [6.07, 6.45) is 5.60. The highest BCUT2D eigenvalue weighted by molar-refractivity contribution is 6.05.